The summed E-state index contributed by atoms with van der Waals surface area (Å²) in [5.41, 5.74) is 6.89. The predicted molar refractivity (Wildman–Crippen MR) is 140 cm³/mol. The summed E-state index contributed by atoms with van der Waals surface area (Å²) in [6, 6.07) is 15.5. The number of carbonyl (C=O) groups is 1. The molecule has 2 aliphatic rings. The highest BCUT2D eigenvalue weighted by Gasteiger charge is 2.35. The highest BCUT2D eigenvalue weighted by Crippen LogP contribution is 2.41. The average Bonchev–Trinajstić information content (AvgIpc) is 3.37. The molecule has 0 bridgehead atoms. The molecule has 1 amide bonds. The van der Waals surface area contributed by atoms with E-state index in [1.54, 1.807) is 23.1 Å². The highest BCUT2D eigenvalue weighted by molar-refractivity contribution is 8.19. The lowest BCUT2D eigenvalue weighted by Gasteiger charge is -2.17. The van der Waals surface area contributed by atoms with Crippen LogP contribution >= 0.6 is 23.4 Å². The number of aliphatic imine (C=N–C) groups is 1. The molecular weight excluding hydrogens is 468 g/mol. The van der Waals surface area contributed by atoms with Crippen molar-refractivity contribution >= 4 is 51.9 Å². The van der Waals surface area contributed by atoms with Crippen LogP contribution in [0.15, 0.2) is 58.4 Å². The molecule has 2 aliphatic heterocycles. The maximum absolute atomic E-state index is 13.6. The van der Waals surface area contributed by atoms with Crippen LogP contribution in [0.5, 0.6) is 11.5 Å². The molecule has 0 N–H and O–H groups in total. The van der Waals surface area contributed by atoms with Crippen molar-refractivity contribution < 1.29 is 14.3 Å². The summed E-state index contributed by atoms with van der Waals surface area (Å²) in [6.07, 6.45) is 1.79. The van der Waals surface area contributed by atoms with Crippen LogP contribution in [0.3, 0.4) is 0 Å². The second kappa shape index (κ2) is 8.85. The number of hydrogen-bond donors (Lipinski definition) is 0. The topological polar surface area (TPSA) is 51.1 Å². The van der Waals surface area contributed by atoms with Gasteiger partial charge < -0.3 is 9.47 Å². The number of nitrogens with zero attached hydrogens (tertiary/aromatic N) is 2. The molecule has 1 fully saturated rings. The maximum atomic E-state index is 13.6. The van der Waals surface area contributed by atoms with E-state index in [2.05, 4.69) is 20.8 Å². The van der Waals surface area contributed by atoms with Crippen molar-refractivity contribution in [1.82, 2.24) is 0 Å². The fourth-order valence-corrected chi connectivity index (χ4v) is 4.93. The van der Waals surface area contributed by atoms with Gasteiger partial charge in [-0.2, -0.15) is 0 Å². The summed E-state index contributed by atoms with van der Waals surface area (Å²) in [6.45, 7) is 8.37. The van der Waals surface area contributed by atoms with Crippen LogP contribution in [-0.4, -0.2) is 17.9 Å². The minimum atomic E-state index is -0.149. The van der Waals surface area contributed by atoms with E-state index in [1.807, 2.05) is 43.3 Å². The van der Waals surface area contributed by atoms with E-state index in [9.17, 15) is 4.79 Å². The summed E-state index contributed by atoms with van der Waals surface area (Å²) >= 11 is 7.81. The number of hydrogen-bond acceptors (Lipinski definition) is 5. The van der Waals surface area contributed by atoms with Crippen molar-refractivity contribution in [2.24, 2.45) is 4.99 Å². The van der Waals surface area contributed by atoms with E-state index in [0.717, 1.165) is 22.5 Å². The molecule has 3 aromatic rings. The first-order chi connectivity index (χ1) is 16.3. The van der Waals surface area contributed by atoms with Crippen molar-refractivity contribution in [3.63, 3.8) is 0 Å². The molecular formula is C27H23ClN2O3S. The lowest BCUT2D eigenvalue weighted by atomic mass is 10.1. The molecule has 0 saturated carbocycles. The average molecular weight is 491 g/mol. The Bertz CT molecular complexity index is 1400. The Balaban J connectivity index is 1.60. The van der Waals surface area contributed by atoms with E-state index >= 15 is 0 Å². The molecule has 0 spiro atoms. The molecule has 172 valence electrons. The zero-order valence-electron chi connectivity index (χ0n) is 19.3. The molecule has 0 unspecified atom stereocenters. The summed E-state index contributed by atoms with van der Waals surface area (Å²) in [7, 11) is 0. The lowest BCUT2D eigenvalue weighted by Crippen LogP contribution is -2.28. The van der Waals surface area contributed by atoms with Crippen molar-refractivity contribution in [1.29, 1.82) is 0 Å². The van der Waals surface area contributed by atoms with Gasteiger partial charge in [-0.05, 0) is 104 Å². The van der Waals surface area contributed by atoms with Gasteiger partial charge >= 0.3 is 0 Å². The Morgan fingerprint density at radius 2 is 1.59 bits per heavy atom. The summed E-state index contributed by atoms with van der Waals surface area (Å²) < 4.78 is 10.9. The van der Waals surface area contributed by atoms with Gasteiger partial charge in [-0.25, -0.2) is 4.99 Å². The first-order valence-electron chi connectivity index (χ1n) is 10.9. The smallest absolute Gasteiger partial charge is 0.271 e. The molecule has 0 aliphatic carbocycles. The quantitative estimate of drug-likeness (QED) is 0.367. The fourth-order valence-electron chi connectivity index (χ4n) is 3.73. The number of amides is 1. The first kappa shape index (κ1) is 22.6. The van der Waals surface area contributed by atoms with Crippen molar-refractivity contribution in [3.8, 4) is 11.5 Å². The van der Waals surface area contributed by atoms with Crippen molar-refractivity contribution in [2.75, 3.05) is 11.7 Å². The Kier molecular flexibility index (Phi) is 5.88. The molecule has 1 saturated heterocycles. The Labute approximate surface area is 208 Å². The van der Waals surface area contributed by atoms with Crippen LogP contribution in [0.25, 0.3) is 6.08 Å². The normalized spacial score (nSPS) is 17.3. The van der Waals surface area contributed by atoms with Gasteiger partial charge in [-0.3, -0.25) is 9.69 Å². The molecule has 7 heteroatoms. The van der Waals surface area contributed by atoms with Gasteiger partial charge in [0.25, 0.3) is 5.91 Å². The van der Waals surface area contributed by atoms with E-state index < -0.39 is 0 Å². The molecule has 5 rings (SSSR count). The summed E-state index contributed by atoms with van der Waals surface area (Å²) in [5, 5.41) is 1.09. The van der Waals surface area contributed by atoms with E-state index in [0.29, 0.717) is 32.2 Å². The van der Waals surface area contributed by atoms with Gasteiger partial charge in [-0.15, -0.1) is 0 Å². The largest absolute Gasteiger partial charge is 0.454 e. The second-order valence-electron chi connectivity index (χ2n) is 8.41. The zero-order chi connectivity index (χ0) is 24.0. The standard InChI is InChI=1S/C27H23ClN2O3S/c1-15-5-7-20(9-17(15)3)29-27-30(21-8-6-16(2)18(4)10-21)26(31)25(34-27)12-19-11-23-24(13-22(19)28)33-14-32-23/h5-13H,14H2,1-4H3. The molecule has 0 radical (unpaired) electrons. The van der Waals surface area contributed by atoms with Gasteiger partial charge in [0.2, 0.25) is 6.79 Å². The fraction of sp³-hybridized carbons (Fsp3) is 0.185. The summed E-state index contributed by atoms with van der Waals surface area (Å²) in [5.74, 6) is 1.07. The SMILES string of the molecule is Cc1ccc(N=C2SC(=Cc3cc4c(cc3Cl)OCO4)C(=O)N2c2ccc(C)c(C)c2)cc1C. The Morgan fingerprint density at radius 1 is 0.912 bits per heavy atom. The molecule has 3 aromatic carbocycles. The van der Waals surface area contributed by atoms with Gasteiger partial charge in [0.05, 0.1) is 21.3 Å². The van der Waals surface area contributed by atoms with E-state index in [4.69, 9.17) is 26.1 Å². The van der Waals surface area contributed by atoms with Crippen LogP contribution in [-0.2, 0) is 4.79 Å². The molecule has 5 nitrogen and oxygen atoms in total. The van der Waals surface area contributed by atoms with Crippen LogP contribution in [0.4, 0.5) is 11.4 Å². The van der Waals surface area contributed by atoms with Crippen LogP contribution < -0.4 is 14.4 Å². The van der Waals surface area contributed by atoms with E-state index in [-0.39, 0.29) is 12.7 Å². The minimum Gasteiger partial charge on any atom is -0.454 e. The highest BCUT2D eigenvalue weighted by atomic mass is 35.5. The van der Waals surface area contributed by atoms with Crippen molar-refractivity contribution in [3.05, 3.63) is 86.3 Å². The predicted octanol–water partition coefficient (Wildman–Crippen LogP) is 7.11. The van der Waals surface area contributed by atoms with Gasteiger partial charge in [0, 0.05) is 6.07 Å². The number of amidine groups is 1. The van der Waals surface area contributed by atoms with Gasteiger partial charge in [-0.1, -0.05) is 23.7 Å². The zero-order valence-corrected chi connectivity index (χ0v) is 20.9. The Morgan fingerprint density at radius 3 is 2.29 bits per heavy atom. The monoisotopic (exact) mass is 490 g/mol. The van der Waals surface area contributed by atoms with E-state index in [1.165, 1.54) is 22.9 Å². The van der Waals surface area contributed by atoms with Crippen LogP contribution in [0.1, 0.15) is 27.8 Å². The molecule has 0 aromatic heterocycles. The molecule has 0 atom stereocenters. The minimum absolute atomic E-state index is 0.149. The van der Waals surface area contributed by atoms with Crippen LogP contribution in [0.2, 0.25) is 5.02 Å². The number of anilines is 1. The van der Waals surface area contributed by atoms with Gasteiger partial charge in [0.15, 0.2) is 16.7 Å². The van der Waals surface area contributed by atoms with Crippen molar-refractivity contribution in [2.45, 2.75) is 27.7 Å². The first-order valence-corrected chi connectivity index (χ1v) is 12.1. The number of carbonyl (C=O) groups excluding carboxylic acids is 1. The lowest BCUT2D eigenvalue weighted by molar-refractivity contribution is -0.113. The number of halogens is 1. The molecule has 2 heterocycles. The number of thioether (sulfide) groups is 1. The number of fused-ring (bicyclic) bond motifs is 1. The molecule has 34 heavy (non-hydrogen) atoms. The Hall–Kier alpha value is -3.22. The third kappa shape index (κ3) is 4.19. The third-order valence-electron chi connectivity index (χ3n) is 6.05. The number of rotatable bonds is 3. The third-order valence-corrected chi connectivity index (χ3v) is 7.34. The number of aryl methyl sites for hydroxylation is 4. The number of ether oxygens (including phenoxy) is 2. The maximum Gasteiger partial charge on any atom is 0.271 e. The summed E-state index contributed by atoms with van der Waals surface area (Å²) in [4.78, 5) is 20.7. The van der Waals surface area contributed by atoms with Gasteiger partial charge in [0.1, 0.15) is 0 Å². The number of benzene rings is 3. The van der Waals surface area contributed by atoms with Crippen LogP contribution in [0, 0.1) is 27.7 Å². The second-order valence-corrected chi connectivity index (χ2v) is 9.83.